The maximum atomic E-state index is 11.6. The number of halogens is 1. The third-order valence-corrected chi connectivity index (χ3v) is 3.61. The van der Waals surface area contributed by atoms with Crippen molar-refractivity contribution < 1.29 is 9.72 Å². The number of non-ortho nitro benzene ring substituents is 1. The maximum Gasteiger partial charge on any atom is 0.269 e. The summed E-state index contributed by atoms with van der Waals surface area (Å²) < 4.78 is 0. The van der Waals surface area contributed by atoms with Crippen LogP contribution in [-0.4, -0.2) is 10.2 Å². The molecule has 1 aromatic rings. The van der Waals surface area contributed by atoms with Crippen LogP contribution in [0.2, 0.25) is 0 Å². The molecule has 0 N–H and O–H groups in total. The average molecular weight is 256 g/mol. The van der Waals surface area contributed by atoms with E-state index in [0.717, 1.165) is 0 Å². The molecule has 92 valence electrons. The molecule has 4 nitrogen and oxygen atoms in total. The van der Waals surface area contributed by atoms with Crippen LogP contribution in [0.4, 0.5) is 5.69 Å². The Hall–Kier alpha value is -1.42. The number of nitro benzene ring substituents is 1. The Labute approximate surface area is 105 Å². The Bertz CT molecular complexity index is 459. The van der Waals surface area contributed by atoms with E-state index in [-0.39, 0.29) is 11.6 Å². The first-order chi connectivity index (χ1) is 7.80. The number of hydrogen-bond donors (Lipinski definition) is 0. The Kier molecular flexibility index (Phi) is 3.88. The van der Waals surface area contributed by atoms with Gasteiger partial charge < -0.3 is 0 Å². The van der Waals surface area contributed by atoms with Crippen LogP contribution < -0.4 is 0 Å². The van der Waals surface area contributed by atoms with Gasteiger partial charge in [0.05, 0.1) is 10.3 Å². The number of carbonyl (C=O) groups is 1. The second kappa shape index (κ2) is 4.84. The lowest BCUT2D eigenvalue weighted by Crippen LogP contribution is -2.35. The van der Waals surface area contributed by atoms with Gasteiger partial charge in [-0.1, -0.05) is 26.0 Å². The van der Waals surface area contributed by atoms with Gasteiger partial charge in [-0.25, -0.2) is 0 Å². The summed E-state index contributed by atoms with van der Waals surface area (Å²) in [6.45, 7) is 5.42. The first-order valence-corrected chi connectivity index (χ1v) is 5.62. The summed E-state index contributed by atoms with van der Waals surface area (Å²) in [6, 6.07) is 6.05. The van der Waals surface area contributed by atoms with Crippen molar-refractivity contribution >= 4 is 22.5 Å². The minimum atomic E-state index is -0.909. The molecule has 0 heterocycles. The van der Waals surface area contributed by atoms with E-state index in [9.17, 15) is 14.9 Å². The summed E-state index contributed by atoms with van der Waals surface area (Å²) in [5, 5.41) is 10.2. The number of rotatable bonds is 4. The molecule has 0 saturated heterocycles. The molecule has 5 heteroatoms. The molecule has 0 bridgehead atoms. The number of nitrogens with zero attached hydrogens (tertiary/aromatic N) is 1. The molecule has 0 spiro atoms. The van der Waals surface area contributed by atoms with Gasteiger partial charge in [0.25, 0.3) is 5.69 Å². The summed E-state index contributed by atoms with van der Waals surface area (Å²) in [6.07, 6.45) is 0. The Morgan fingerprint density at radius 3 is 2.47 bits per heavy atom. The minimum Gasteiger partial charge on any atom is -0.280 e. The number of benzene rings is 1. The van der Waals surface area contributed by atoms with Gasteiger partial charge in [0.2, 0.25) is 5.24 Å². The fraction of sp³-hybridized carbons (Fsp3) is 0.417. The van der Waals surface area contributed by atoms with Gasteiger partial charge in [-0.2, -0.15) is 0 Å². The Balaban J connectivity index is 3.35. The van der Waals surface area contributed by atoms with E-state index < -0.39 is 15.6 Å². The monoisotopic (exact) mass is 255 g/mol. The molecule has 0 aliphatic rings. The second-order valence-electron chi connectivity index (χ2n) is 4.44. The smallest absolute Gasteiger partial charge is 0.269 e. The lowest BCUT2D eigenvalue weighted by atomic mass is 9.74. The van der Waals surface area contributed by atoms with E-state index in [1.807, 2.05) is 13.8 Å². The molecular formula is C12H14ClNO3. The molecule has 1 aromatic carbocycles. The van der Waals surface area contributed by atoms with Gasteiger partial charge in [-0.3, -0.25) is 14.9 Å². The molecule has 1 unspecified atom stereocenters. The van der Waals surface area contributed by atoms with Gasteiger partial charge in [0.1, 0.15) is 0 Å². The maximum absolute atomic E-state index is 11.6. The molecule has 0 aliphatic heterocycles. The van der Waals surface area contributed by atoms with Crippen molar-refractivity contribution in [2.75, 3.05) is 0 Å². The minimum absolute atomic E-state index is 0.0349. The van der Waals surface area contributed by atoms with Crippen LogP contribution >= 0.6 is 11.6 Å². The second-order valence-corrected chi connectivity index (χ2v) is 4.78. The standard InChI is InChI=1S/C12H14ClNO3/c1-8(2)12(3,11(13)15)9-5-4-6-10(7-9)14(16)17/h4-8H,1-3H3. The third kappa shape index (κ3) is 2.47. The van der Waals surface area contributed by atoms with Gasteiger partial charge in [-0.15, -0.1) is 0 Å². The number of hydrogen-bond acceptors (Lipinski definition) is 3. The zero-order valence-corrected chi connectivity index (χ0v) is 10.7. The van der Waals surface area contributed by atoms with Crippen LogP contribution in [0.5, 0.6) is 0 Å². The van der Waals surface area contributed by atoms with E-state index in [1.165, 1.54) is 12.1 Å². The zero-order chi connectivity index (χ0) is 13.2. The highest BCUT2D eigenvalue weighted by atomic mass is 35.5. The SMILES string of the molecule is CC(C)C(C)(C(=O)Cl)c1cccc([N+](=O)[O-])c1. The van der Waals surface area contributed by atoms with Crippen LogP contribution in [0.15, 0.2) is 24.3 Å². The quantitative estimate of drug-likeness (QED) is 0.471. The van der Waals surface area contributed by atoms with Crippen LogP contribution in [0.1, 0.15) is 26.3 Å². The van der Waals surface area contributed by atoms with Gasteiger partial charge in [-0.05, 0) is 30.0 Å². The van der Waals surface area contributed by atoms with Crippen molar-refractivity contribution in [1.82, 2.24) is 0 Å². The zero-order valence-electron chi connectivity index (χ0n) is 9.94. The van der Waals surface area contributed by atoms with Crippen molar-refractivity contribution in [3.8, 4) is 0 Å². The molecule has 1 atom stereocenters. The first-order valence-electron chi connectivity index (χ1n) is 5.25. The molecule has 0 aliphatic carbocycles. The highest BCUT2D eigenvalue weighted by Gasteiger charge is 2.37. The van der Waals surface area contributed by atoms with Crippen LogP contribution in [-0.2, 0) is 10.2 Å². The molecule has 1 rings (SSSR count). The average Bonchev–Trinajstić information content (AvgIpc) is 2.27. The van der Waals surface area contributed by atoms with Crippen molar-refractivity contribution in [3.05, 3.63) is 39.9 Å². The highest BCUT2D eigenvalue weighted by molar-refractivity contribution is 6.65. The summed E-state index contributed by atoms with van der Waals surface area (Å²) in [4.78, 5) is 21.8. The van der Waals surface area contributed by atoms with Gasteiger partial charge >= 0.3 is 0 Å². The van der Waals surface area contributed by atoms with Gasteiger partial charge in [0, 0.05) is 12.1 Å². The van der Waals surface area contributed by atoms with Crippen LogP contribution in [0.3, 0.4) is 0 Å². The molecular weight excluding hydrogens is 242 g/mol. The number of nitro groups is 1. The lowest BCUT2D eigenvalue weighted by molar-refractivity contribution is -0.385. The van der Waals surface area contributed by atoms with Crippen LogP contribution in [0, 0.1) is 16.0 Å². The number of carbonyl (C=O) groups excluding carboxylic acids is 1. The molecule has 17 heavy (non-hydrogen) atoms. The van der Waals surface area contributed by atoms with Crippen molar-refractivity contribution in [2.45, 2.75) is 26.2 Å². The molecule has 0 aromatic heterocycles. The summed E-state index contributed by atoms with van der Waals surface area (Å²) in [7, 11) is 0. The lowest BCUT2D eigenvalue weighted by Gasteiger charge is -2.30. The predicted molar refractivity (Wildman–Crippen MR) is 66.1 cm³/mol. The Morgan fingerprint density at radius 2 is 2.06 bits per heavy atom. The van der Waals surface area contributed by atoms with E-state index in [2.05, 4.69) is 0 Å². The summed E-state index contributed by atoms with van der Waals surface area (Å²) in [5.74, 6) is -0.0468. The molecule has 0 saturated carbocycles. The first kappa shape index (κ1) is 13.6. The largest absolute Gasteiger partial charge is 0.280 e. The molecule has 0 amide bonds. The van der Waals surface area contributed by atoms with Crippen molar-refractivity contribution in [3.63, 3.8) is 0 Å². The van der Waals surface area contributed by atoms with E-state index in [0.29, 0.717) is 5.56 Å². The van der Waals surface area contributed by atoms with Crippen LogP contribution in [0.25, 0.3) is 0 Å². The van der Waals surface area contributed by atoms with Crippen molar-refractivity contribution in [1.29, 1.82) is 0 Å². The van der Waals surface area contributed by atoms with E-state index in [1.54, 1.807) is 19.1 Å². The normalized spacial score (nSPS) is 14.4. The fourth-order valence-corrected chi connectivity index (χ4v) is 1.94. The van der Waals surface area contributed by atoms with E-state index in [4.69, 9.17) is 11.6 Å². The predicted octanol–water partition coefficient (Wildman–Crippen LogP) is 3.27. The highest BCUT2D eigenvalue weighted by Crippen LogP contribution is 2.35. The van der Waals surface area contributed by atoms with Crippen molar-refractivity contribution in [2.24, 2.45) is 5.92 Å². The fourth-order valence-electron chi connectivity index (χ4n) is 1.62. The molecule has 0 fully saturated rings. The topological polar surface area (TPSA) is 60.2 Å². The molecule has 0 radical (unpaired) electrons. The van der Waals surface area contributed by atoms with Gasteiger partial charge in [0.15, 0.2) is 0 Å². The Morgan fingerprint density at radius 1 is 1.47 bits per heavy atom. The third-order valence-electron chi connectivity index (χ3n) is 3.22. The summed E-state index contributed by atoms with van der Waals surface area (Å²) in [5.41, 5.74) is -0.373. The summed E-state index contributed by atoms with van der Waals surface area (Å²) >= 11 is 5.64. The van der Waals surface area contributed by atoms with E-state index >= 15 is 0 Å².